The summed E-state index contributed by atoms with van der Waals surface area (Å²) in [5, 5.41) is 19.9. The van der Waals surface area contributed by atoms with Gasteiger partial charge >= 0.3 is 0 Å². The van der Waals surface area contributed by atoms with Crippen LogP contribution in [-0.2, 0) is 14.2 Å². The zero-order valence-corrected chi connectivity index (χ0v) is 16.4. The second-order valence-corrected chi connectivity index (χ2v) is 6.41. The molecule has 0 bridgehead atoms. The molecule has 0 spiro atoms. The predicted molar refractivity (Wildman–Crippen MR) is 101 cm³/mol. The largest absolute Gasteiger partial charge is 0.396 e. The summed E-state index contributed by atoms with van der Waals surface area (Å²) in [6.07, 6.45) is 8.16. The molecule has 0 unspecified atom stereocenters. The van der Waals surface area contributed by atoms with Crippen LogP contribution in [0.25, 0.3) is 0 Å². The Kier molecular flexibility index (Phi) is 13.7. The number of ether oxygens (including phenoxy) is 3. The fourth-order valence-corrected chi connectivity index (χ4v) is 2.65. The van der Waals surface area contributed by atoms with Crippen LogP contribution in [0.5, 0.6) is 0 Å². The van der Waals surface area contributed by atoms with Crippen molar-refractivity contribution in [2.75, 3.05) is 27.6 Å². The highest BCUT2D eigenvalue weighted by molar-refractivity contribution is 5.10. The Morgan fingerprint density at radius 1 is 1.20 bits per heavy atom. The molecular weight excluding hydrogens is 320 g/mol. The van der Waals surface area contributed by atoms with Gasteiger partial charge in [-0.15, -0.1) is 6.58 Å². The minimum atomic E-state index is -0.699. The first-order valence-electron chi connectivity index (χ1n) is 8.80. The average Bonchev–Trinajstić information content (AvgIpc) is 2.62. The van der Waals surface area contributed by atoms with Crippen molar-refractivity contribution in [2.24, 2.45) is 11.8 Å². The van der Waals surface area contributed by atoms with Crippen molar-refractivity contribution in [3.63, 3.8) is 0 Å². The van der Waals surface area contributed by atoms with Gasteiger partial charge < -0.3 is 24.4 Å². The molecule has 25 heavy (non-hydrogen) atoms. The van der Waals surface area contributed by atoms with E-state index >= 15 is 0 Å². The maximum atomic E-state index is 10.7. The number of aliphatic hydroxyl groups is 2. The third kappa shape index (κ3) is 9.33. The summed E-state index contributed by atoms with van der Waals surface area (Å²) in [5.41, 5.74) is 0.811. The van der Waals surface area contributed by atoms with Crippen LogP contribution in [0, 0.1) is 11.8 Å². The van der Waals surface area contributed by atoms with Gasteiger partial charge in [-0.05, 0) is 31.3 Å². The summed E-state index contributed by atoms with van der Waals surface area (Å²) in [6, 6.07) is 0. The van der Waals surface area contributed by atoms with E-state index < -0.39 is 6.10 Å². The highest BCUT2D eigenvalue weighted by atomic mass is 16.7. The van der Waals surface area contributed by atoms with Crippen LogP contribution in [0.3, 0.4) is 0 Å². The van der Waals surface area contributed by atoms with E-state index in [4.69, 9.17) is 14.2 Å². The molecule has 5 atom stereocenters. The monoisotopic (exact) mass is 356 g/mol. The average molecular weight is 357 g/mol. The number of aliphatic hydroxyl groups excluding tert-OH is 2. The lowest BCUT2D eigenvalue weighted by Crippen LogP contribution is -2.41. The molecule has 0 aromatic carbocycles. The Bertz CT molecular complexity index is 405. The van der Waals surface area contributed by atoms with E-state index in [1.165, 1.54) is 0 Å². The minimum Gasteiger partial charge on any atom is -0.396 e. The summed E-state index contributed by atoms with van der Waals surface area (Å²) >= 11 is 0. The number of unbranched alkanes of at least 4 members (excludes halogenated alkanes) is 1. The van der Waals surface area contributed by atoms with Crippen LogP contribution < -0.4 is 0 Å². The van der Waals surface area contributed by atoms with Crippen LogP contribution >= 0.6 is 0 Å². The van der Waals surface area contributed by atoms with Crippen LogP contribution in [0.4, 0.5) is 0 Å². The van der Waals surface area contributed by atoms with Gasteiger partial charge in [0.15, 0.2) is 0 Å². The van der Waals surface area contributed by atoms with Gasteiger partial charge in [-0.2, -0.15) is 0 Å². The molecular formula is C20H36O5. The third-order valence-electron chi connectivity index (χ3n) is 4.16. The molecule has 0 saturated heterocycles. The topological polar surface area (TPSA) is 68.2 Å². The first-order valence-corrected chi connectivity index (χ1v) is 8.80. The SMILES string of the molecule is C=CCCC=C[C@H](OC)[C@@H](OCOC)[C@H](C)[C@@H](O)C(C)=C[C@H](C)CO. The van der Waals surface area contributed by atoms with Crippen LogP contribution in [0.15, 0.2) is 36.5 Å². The third-order valence-corrected chi connectivity index (χ3v) is 4.16. The van der Waals surface area contributed by atoms with E-state index in [2.05, 4.69) is 6.58 Å². The molecule has 0 aliphatic carbocycles. The van der Waals surface area contributed by atoms with Crippen molar-refractivity contribution in [1.29, 1.82) is 0 Å². The zero-order chi connectivity index (χ0) is 19.2. The summed E-state index contributed by atoms with van der Waals surface area (Å²) in [7, 11) is 3.19. The van der Waals surface area contributed by atoms with Gasteiger partial charge in [-0.25, -0.2) is 0 Å². The van der Waals surface area contributed by atoms with Gasteiger partial charge in [-0.3, -0.25) is 0 Å². The summed E-state index contributed by atoms with van der Waals surface area (Å²) in [6.45, 7) is 9.58. The Morgan fingerprint density at radius 2 is 1.88 bits per heavy atom. The summed E-state index contributed by atoms with van der Waals surface area (Å²) in [5.74, 6) is -0.219. The van der Waals surface area contributed by atoms with E-state index in [1.54, 1.807) is 14.2 Å². The molecule has 0 radical (unpaired) electrons. The predicted octanol–water partition coefficient (Wildman–Crippen LogP) is 3.08. The first-order chi connectivity index (χ1) is 11.9. The van der Waals surface area contributed by atoms with Gasteiger partial charge in [0.25, 0.3) is 0 Å². The maximum absolute atomic E-state index is 10.7. The van der Waals surface area contributed by atoms with Crippen molar-refractivity contribution < 1.29 is 24.4 Å². The number of allylic oxidation sites excluding steroid dienone is 2. The molecule has 0 aliphatic rings. The fraction of sp³-hybridized carbons (Fsp3) is 0.700. The van der Waals surface area contributed by atoms with Gasteiger partial charge in [0.1, 0.15) is 12.9 Å². The Labute approximate surface area is 153 Å². The van der Waals surface area contributed by atoms with Crippen molar-refractivity contribution in [3.8, 4) is 0 Å². The molecule has 0 aromatic heterocycles. The fourth-order valence-electron chi connectivity index (χ4n) is 2.65. The van der Waals surface area contributed by atoms with Crippen LogP contribution in [-0.4, -0.2) is 56.1 Å². The lowest BCUT2D eigenvalue weighted by molar-refractivity contribution is -0.139. The Balaban J connectivity index is 5.21. The molecule has 2 N–H and O–H groups in total. The Morgan fingerprint density at radius 3 is 2.40 bits per heavy atom. The molecule has 0 aromatic rings. The summed E-state index contributed by atoms with van der Waals surface area (Å²) < 4.78 is 16.4. The number of hydrogen-bond donors (Lipinski definition) is 2. The number of methoxy groups -OCH3 is 2. The van der Waals surface area contributed by atoms with E-state index in [-0.39, 0.29) is 37.4 Å². The standard InChI is InChI=1S/C20H36O5/c1-7-8-9-10-11-18(24-6)20(25-14-23-5)17(4)19(22)16(3)12-15(2)13-21/h7,10-12,15,17-22H,1,8-9,13-14H2,2-6H3/t15-,17+,18-,19-,20-/m0/s1. The molecule has 5 nitrogen and oxygen atoms in total. The van der Waals surface area contributed by atoms with E-state index in [1.807, 2.05) is 45.1 Å². The summed E-state index contributed by atoms with van der Waals surface area (Å²) in [4.78, 5) is 0. The molecule has 0 heterocycles. The second-order valence-electron chi connectivity index (χ2n) is 6.41. The van der Waals surface area contributed by atoms with Gasteiger partial charge in [0, 0.05) is 26.7 Å². The smallest absolute Gasteiger partial charge is 0.146 e. The van der Waals surface area contributed by atoms with Crippen LogP contribution in [0.2, 0.25) is 0 Å². The van der Waals surface area contributed by atoms with Gasteiger partial charge in [-0.1, -0.05) is 38.2 Å². The van der Waals surface area contributed by atoms with Crippen LogP contribution in [0.1, 0.15) is 33.6 Å². The molecule has 0 aliphatic heterocycles. The van der Waals surface area contributed by atoms with Crippen molar-refractivity contribution in [1.82, 2.24) is 0 Å². The zero-order valence-electron chi connectivity index (χ0n) is 16.4. The maximum Gasteiger partial charge on any atom is 0.146 e. The molecule has 5 heteroatoms. The van der Waals surface area contributed by atoms with Crippen molar-refractivity contribution in [3.05, 3.63) is 36.5 Å². The first kappa shape index (κ1) is 24.0. The molecule has 0 fully saturated rings. The molecule has 0 amide bonds. The van der Waals surface area contributed by atoms with Gasteiger partial charge in [0.2, 0.25) is 0 Å². The van der Waals surface area contributed by atoms with Crippen molar-refractivity contribution in [2.45, 2.75) is 51.9 Å². The highest BCUT2D eigenvalue weighted by Gasteiger charge is 2.32. The quantitative estimate of drug-likeness (QED) is 0.284. The van der Waals surface area contributed by atoms with Crippen molar-refractivity contribution >= 4 is 0 Å². The highest BCUT2D eigenvalue weighted by Crippen LogP contribution is 2.24. The molecule has 0 rings (SSSR count). The molecule has 146 valence electrons. The molecule has 0 saturated carbocycles. The minimum absolute atomic E-state index is 0.00258. The lowest BCUT2D eigenvalue weighted by Gasteiger charge is -2.32. The number of rotatable bonds is 14. The van der Waals surface area contributed by atoms with E-state index in [0.29, 0.717) is 0 Å². The number of hydrogen-bond acceptors (Lipinski definition) is 5. The lowest BCUT2D eigenvalue weighted by atomic mass is 9.88. The Hall–Kier alpha value is -0.980. The van der Waals surface area contributed by atoms with E-state index in [9.17, 15) is 10.2 Å². The normalized spacial score (nSPS) is 18.8. The van der Waals surface area contributed by atoms with E-state index in [0.717, 1.165) is 18.4 Å². The van der Waals surface area contributed by atoms with Gasteiger partial charge in [0.05, 0.1) is 12.2 Å². The second kappa shape index (κ2) is 14.2.